The first-order valence-electron chi connectivity index (χ1n) is 6.90. The molecule has 0 aliphatic heterocycles. The summed E-state index contributed by atoms with van der Waals surface area (Å²) >= 11 is 0. The number of fused-ring (bicyclic) bond motifs is 1. The third kappa shape index (κ3) is 2.16. The van der Waals surface area contributed by atoms with E-state index < -0.39 is 0 Å². The maximum absolute atomic E-state index is 12.6. The summed E-state index contributed by atoms with van der Waals surface area (Å²) in [7, 11) is 0. The van der Waals surface area contributed by atoms with Crippen molar-refractivity contribution in [2.45, 2.75) is 19.9 Å². The Balaban J connectivity index is 2.30. The molecule has 0 saturated carbocycles. The number of aryl methyl sites for hydroxylation is 1. The van der Waals surface area contributed by atoms with Crippen molar-refractivity contribution in [3.05, 3.63) is 65.4 Å². The molecular weight excluding hydrogens is 264 g/mol. The Morgan fingerprint density at radius 3 is 2.71 bits per heavy atom. The fraction of sp³-hybridized carbons (Fsp3) is 0.188. The second kappa shape index (κ2) is 5.36. The predicted octanol–water partition coefficient (Wildman–Crippen LogP) is 2.33. The Labute approximate surface area is 122 Å². The van der Waals surface area contributed by atoms with E-state index in [2.05, 4.69) is 16.7 Å². The number of aromatic nitrogens is 4. The van der Waals surface area contributed by atoms with Gasteiger partial charge in [-0.2, -0.15) is 5.10 Å². The highest BCUT2D eigenvalue weighted by Gasteiger charge is 2.14. The lowest BCUT2D eigenvalue weighted by molar-refractivity contribution is 0.696. The lowest BCUT2D eigenvalue weighted by Crippen LogP contribution is -2.24. The number of allylic oxidation sites excluding steroid dienone is 1. The first kappa shape index (κ1) is 13.3. The van der Waals surface area contributed by atoms with Gasteiger partial charge in [0.1, 0.15) is 11.2 Å². The molecule has 0 unspecified atom stereocenters. The van der Waals surface area contributed by atoms with Crippen LogP contribution < -0.4 is 5.56 Å². The molecule has 0 aliphatic rings. The highest BCUT2D eigenvalue weighted by Crippen LogP contribution is 2.14. The zero-order valence-electron chi connectivity index (χ0n) is 11.9. The molecule has 0 aliphatic carbocycles. The number of benzene rings is 1. The number of nitrogens with zero attached hydrogens (tertiary/aromatic N) is 4. The minimum absolute atomic E-state index is 0.0704. The van der Waals surface area contributed by atoms with Crippen LogP contribution in [-0.4, -0.2) is 19.3 Å². The normalized spacial score (nSPS) is 10.9. The van der Waals surface area contributed by atoms with Crippen molar-refractivity contribution in [1.82, 2.24) is 19.3 Å². The van der Waals surface area contributed by atoms with Gasteiger partial charge in [-0.05, 0) is 12.1 Å². The molecule has 5 heteroatoms. The van der Waals surface area contributed by atoms with Gasteiger partial charge in [-0.15, -0.1) is 6.58 Å². The molecule has 2 aromatic heterocycles. The second-order valence-corrected chi connectivity index (χ2v) is 4.72. The van der Waals surface area contributed by atoms with Crippen molar-refractivity contribution in [2.75, 3.05) is 0 Å². The van der Waals surface area contributed by atoms with Crippen LogP contribution in [0.3, 0.4) is 0 Å². The fourth-order valence-corrected chi connectivity index (χ4v) is 2.39. The standard InChI is InChI=1S/C16H16N4O/c1-3-10-19-14(4-2)18-15-13(16(19)21)11-17-20(15)12-8-6-5-7-9-12/h3,5-9,11H,1,4,10H2,2H3. The summed E-state index contributed by atoms with van der Waals surface area (Å²) in [6, 6.07) is 9.69. The average Bonchev–Trinajstić information content (AvgIpc) is 2.95. The topological polar surface area (TPSA) is 52.7 Å². The molecule has 2 heterocycles. The molecule has 0 fully saturated rings. The zero-order valence-corrected chi connectivity index (χ0v) is 11.9. The molecule has 0 spiro atoms. The Morgan fingerprint density at radius 2 is 2.05 bits per heavy atom. The molecular formula is C16H16N4O. The Hall–Kier alpha value is -2.69. The Kier molecular flexibility index (Phi) is 3.39. The fourth-order valence-electron chi connectivity index (χ4n) is 2.39. The minimum atomic E-state index is -0.0704. The number of hydrogen-bond donors (Lipinski definition) is 0. The summed E-state index contributed by atoms with van der Waals surface area (Å²) in [4.78, 5) is 17.2. The summed E-state index contributed by atoms with van der Waals surface area (Å²) in [6.07, 6.45) is 3.96. The van der Waals surface area contributed by atoms with Crippen molar-refractivity contribution < 1.29 is 0 Å². The molecule has 3 aromatic rings. The zero-order chi connectivity index (χ0) is 14.8. The van der Waals surface area contributed by atoms with Crippen LogP contribution in [0.15, 0.2) is 54.0 Å². The van der Waals surface area contributed by atoms with Crippen LogP contribution in [0.5, 0.6) is 0 Å². The Bertz CT molecular complexity index is 846. The van der Waals surface area contributed by atoms with Crippen LogP contribution in [0, 0.1) is 0 Å². The monoisotopic (exact) mass is 280 g/mol. The molecule has 106 valence electrons. The van der Waals surface area contributed by atoms with Crippen molar-refractivity contribution >= 4 is 11.0 Å². The van der Waals surface area contributed by atoms with E-state index in [1.165, 1.54) is 0 Å². The van der Waals surface area contributed by atoms with Crippen molar-refractivity contribution in [3.63, 3.8) is 0 Å². The summed E-state index contributed by atoms with van der Waals surface area (Å²) in [5, 5.41) is 4.84. The minimum Gasteiger partial charge on any atom is -0.292 e. The second-order valence-electron chi connectivity index (χ2n) is 4.72. The van der Waals surface area contributed by atoms with Gasteiger partial charge in [0.05, 0.1) is 11.9 Å². The summed E-state index contributed by atoms with van der Waals surface area (Å²) in [6.45, 7) is 6.14. The van der Waals surface area contributed by atoms with Crippen molar-refractivity contribution in [2.24, 2.45) is 0 Å². The largest absolute Gasteiger partial charge is 0.292 e. The molecule has 3 rings (SSSR count). The Morgan fingerprint density at radius 1 is 1.29 bits per heavy atom. The predicted molar refractivity (Wildman–Crippen MR) is 82.7 cm³/mol. The molecule has 1 aromatic carbocycles. The van der Waals surface area contributed by atoms with Crippen LogP contribution in [0.2, 0.25) is 0 Å². The first-order chi connectivity index (χ1) is 10.3. The van der Waals surface area contributed by atoms with E-state index in [9.17, 15) is 4.79 Å². The van der Waals surface area contributed by atoms with E-state index in [4.69, 9.17) is 0 Å². The van der Waals surface area contributed by atoms with Gasteiger partial charge in [-0.25, -0.2) is 9.67 Å². The van der Waals surface area contributed by atoms with Crippen LogP contribution in [0.1, 0.15) is 12.7 Å². The molecule has 0 radical (unpaired) electrons. The van der Waals surface area contributed by atoms with Gasteiger partial charge in [-0.3, -0.25) is 9.36 Å². The average molecular weight is 280 g/mol. The van der Waals surface area contributed by atoms with E-state index in [-0.39, 0.29) is 5.56 Å². The van der Waals surface area contributed by atoms with Crippen LogP contribution in [0.4, 0.5) is 0 Å². The third-order valence-electron chi connectivity index (χ3n) is 3.39. The van der Waals surface area contributed by atoms with Gasteiger partial charge in [0.15, 0.2) is 5.65 Å². The van der Waals surface area contributed by atoms with E-state index in [0.29, 0.717) is 24.0 Å². The van der Waals surface area contributed by atoms with Crippen LogP contribution in [-0.2, 0) is 13.0 Å². The lowest BCUT2D eigenvalue weighted by Gasteiger charge is -2.09. The summed E-state index contributed by atoms with van der Waals surface area (Å²) in [5.41, 5.74) is 1.42. The van der Waals surface area contributed by atoms with Crippen LogP contribution in [0.25, 0.3) is 16.7 Å². The van der Waals surface area contributed by atoms with Gasteiger partial charge in [0, 0.05) is 13.0 Å². The van der Waals surface area contributed by atoms with E-state index in [0.717, 1.165) is 11.5 Å². The van der Waals surface area contributed by atoms with Gasteiger partial charge in [0.25, 0.3) is 5.56 Å². The molecule has 21 heavy (non-hydrogen) atoms. The molecule has 0 saturated heterocycles. The maximum atomic E-state index is 12.6. The number of hydrogen-bond acceptors (Lipinski definition) is 3. The first-order valence-corrected chi connectivity index (χ1v) is 6.90. The van der Waals surface area contributed by atoms with Crippen molar-refractivity contribution in [1.29, 1.82) is 0 Å². The summed E-state index contributed by atoms with van der Waals surface area (Å²) in [5.74, 6) is 0.741. The maximum Gasteiger partial charge on any atom is 0.264 e. The van der Waals surface area contributed by atoms with Gasteiger partial charge >= 0.3 is 0 Å². The molecule has 5 nitrogen and oxygen atoms in total. The number of para-hydroxylation sites is 1. The van der Waals surface area contributed by atoms with Gasteiger partial charge in [-0.1, -0.05) is 31.2 Å². The quantitative estimate of drug-likeness (QED) is 0.689. The van der Waals surface area contributed by atoms with E-state index in [1.807, 2.05) is 37.3 Å². The molecule has 0 atom stereocenters. The summed E-state index contributed by atoms with van der Waals surface area (Å²) < 4.78 is 3.35. The van der Waals surface area contributed by atoms with Gasteiger partial charge in [0.2, 0.25) is 0 Å². The molecule has 0 bridgehead atoms. The highest BCUT2D eigenvalue weighted by molar-refractivity contribution is 5.75. The van der Waals surface area contributed by atoms with E-state index >= 15 is 0 Å². The van der Waals surface area contributed by atoms with E-state index in [1.54, 1.807) is 21.5 Å². The SMILES string of the molecule is C=CCn1c(CC)nc2c(cnn2-c2ccccc2)c1=O. The smallest absolute Gasteiger partial charge is 0.264 e. The molecule has 0 N–H and O–H groups in total. The molecule has 0 amide bonds. The van der Waals surface area contributed by atoms with Crippen LogP contribution >= 0.6 is 0 Å². The van der Waals surface area contributed by atoms with Gasteiger partial charge < -0.3 is 0 Å². The lowest BCUT2D eigenvalue weighted by atomic mass is 10.3. The number of rotatable bonds is 4. The highest BCUT2D eigenvalue weighted by atomic mass is 16.1. The van der Waals surface area contributed by atoms with Crippen molar-refractivity contribution in [3.8, 4) is 5.69 Å². The third-order valence-corrected chi connectivity index (χ3v) is 3.39.